The van der Waals surface area contributed by atoms with Crippen LogP contribution in [0.4, 0.5) is 18.9 Å². The molecule has 0 saturated heterocycles. The maximum absolute atomic E-state index is 12.1. The first kappa shape index (κ1) is 13.3. The molecule has 0 amide bonds. The highest BCUT2D eigenvalue weighted by molar-refractivity contribution is 5.82. The van der Waals surface area contributed by atoms with E-state index in [-0.39, 0.29) is 5.75 Å². The van der Waals surface area contributed by atoms with E-state index < -0.39 is 6.36 Å². The molecular formula is C14H10F3N3O. The Morgan fingerprint density at radius 3 is 2.43 bits per heavy atom. The molecule has 3 N–H and O–H groups in total. The zero-order chi connectivity index (χ0) is 15.0. The van der Waals surface area contributed by atoms with Crippen LogP contribution in [0.1, 0.15) is 0 Å². The number of fused-ring (bicyclic) bond motifs is 1. The first-order valence-corrected chi connectivity index (χ1v) is 6.02. The van der Waals surface area contributed by atoms with Gasteiger partial charge in [-0.2, -0.15) is 0 Å². The number of H-pyrrole nitrogens is 1. The minimum absolute atomic E-state index is 0.272. The van der Waals surface area contributed by atoms with Crippen LogP contribution in [-0.2, 0) is 0 Å². The SMILES string of the molecule is Nc1ccc2nc(-c3ccc(OC(F)(F)F)cc3)[nH]c2c1. The number of imidazole rings is 1. The molecule has 108 valence electrons. The van der Waals surface area contributed by atoms with E-state index in [1.165, 1.54) is 24.3 Å². The molecule has 0 fully saturated rings. The normalized spacial score (nSPS) is 11.8. The van der Waals surface area contributed by atoms with Crippen molar-refractivity contribution in [3.8, 4) is 17.1 Å². The predicted molar refractivity (Wildman–Crippen MR) is 72.6 cm³/mol. The number of ether oxygens (including phenoxy) is 1. The highest BCUT2D eigenvalue weighted by Gasteiger charge is 2.30. The van der Waals surface area contributed by atoms with Crippen LogP contribution in [0.15, 0.2) is 42.5 Å². The summed E-state index contributed by atoms with van der Waals surface area (Å²) in [6, 6.07) is 10.7. The molecule has 0 aliphatic rings. The minimum atomic E-state index is -4.70. The number of rotatable bonds is 2. The maximum Gasteiger partial charge on any atom is 0.573 e. The second kappa shape index (κ2) is 4.69. The van der Waals surface area contributed by atoms with Crippen molar-refractivity contribution < 1.29 is 17.9 Å². The quantitative estimate of drug-likeness (QED) is 0.708. The van der Waals surface area contributed by atoms with Crippen molar-refractivity contribution in [2.24, 2.45) is 0 Å². The Bertz CT molecular complexity index is 778. The summed E-state index contributed by atoms with van der Waals surface area (Å²) in [6.07, 6.45) is -4.70. The standard InChI is InChI=1S/C14H10F3N3O/c15-14(16,17)21-10-4-1-8(2-5-10)13-19-11-6-3-9(18)7-12(11)20-13/h1-7H,18H2,(H,19,20). The number of alkyl halides is 3. The van der Waals surface area contributed by atoms with E-state index in [2.05, 4.69) is 14.7 Å². The van der Waals surface area contributed by atoms with Gasteiger partial charge in [0.25, 0.3) is 0 Å². The summed E-state index contributed by atoms with van der Waals surface area (Å²) in [5, 5.41) is 0. The zero-order valence-electron chi connectivity index (χ0n) is 10.6. The first-order valence-electron chi connectivity index (χ1n) is 6.02. The van der Waals surface area contributed by atoms with Crippen LogP contribution in [0.2, 0.25) is 0 Å². The third-order valence-corrected chi connectivity index (χ3v) is 2.87. The monoisotopic (exact) mass is 293 g/mol. The lowest BCUT2D eigenvalue weighted by atomic mass is 10.2. The molecule has 7 heteroatoms. The third kappa shape index (κ3) is 2.91. The van der Waals surface area contributed by atoms with Gasteiger partial charge in [-0.05, 0) is 42.5 Å². The van der Waals surface area contributed by atoms with E-state index in [0.717, 1.165) is 11.0 Å². The highest BCUT2D eigenvalue weighted by Crippen LogP contribution is 2.26. The Kier molecular flexibility index (Phi) is 2.97. The smallest absolute Gasteiger partial charge is 0.406 e. The summed E-state index contributed by atoms with van der Waals surface area (Å²) < 4.78 is 40.1. The first-order chi connectivity index (χ1) is 9.90. The highest BCUT2D eigenvalue weighted by atomic mass is 19.4. The lowest BCUT2D eigenvalue weighted by Gasteiger charge is -2.08. The molecule has 3 rings (SSSR count). The van der Waals surface area contributed by atoms with Gasteiger partial charge >= 0.3 is 6.36 Å². The number of hydrogen-bond donors (Lipinski definition) is 2. The van der Waals surface area contributed by atoms with Crippen molar-refractivity contribution in [2.45, 2.75) is 6.36 Å². The number of halogens is 3. The summed E-state index contributed by atoms with van der Waals surface area (Å²) in [7, 11) is 0. The number of aromatic nitrogens is 2. The Balaban J connectivity index is 1.91. The Labute approximate surface area is 117 Å². The van der Waals surface area contributed by atoms with Gasteiger partial charge in [-0.15, -0.1) is 13.2 Å². The Morgan fingerprint density at radius 1 is 1.05 bits per heavy atom. The topological polar surface area (TPSA) is 63.9 Å². The van der Waals surface area contributed by atoms with Crippen molar-refractivity contribution in [1.82, 2.24) is 9.97 Å². The van der Waals surface area contributed by atoms with E-state index in [1.807, 2.05) is 0 Å². The second-order valence-electron chi connectivity index (χ2n) is 4.43. The van der Waals surface area contributed by atoms with E-state index in [9.17, 15) is 13.2 Å². The molecule has 4 nitrogen and oxygen atoms in total. The molecule has 0 aliphatic heterocycles. The summed E-state index contributed by atoms with van der Waals surface area (Å²) in [5.41, 5.74) is 8.43. The van der Waals surface area contributed by atoms with Gasteiger partial charge in [0.2, 0.25) is 0 Å². The minimum Gasteiger partial charge on any atom is -0.406 e. The van der Waals surface area contributed by atoms with Crippen molar-refractivity contribution >= 4 is 16.7 Å². The molecular weight excluding hydrogens is 283 g/mol. The van der Waals surface area contributed by atoms with E-state index >= 15 is 0 Å². The fraction of sp³-hybridized carbons (Fsp3) is 0.0714. The summed E-state index contributed by atoms with van der Waals surface area (Å²) >= 11 is 0. The van der Waals surface area contributed by atoms with E-state index in [0.29, 0.717) is 17.1 Å². The number of nitrogens with one attached hydrogen (secondary N) is 1. The van der Waals surface area contributed by atoms with Crippen LogP contribution in [0, 0.1) is 0 Å². The summed E-state index contributed by atoms with van der Waals surface area (Å²) in [6.45, 7) is 0. The zero-order valence-corrected chi connectivity index (χ0v) is 10.6. The van der Waals surface area contributed by atoms with Crippen molar-refractivity contribution in [1.29, 1.82) is 0 Å². The van der Waals surface area contributed by atoms with Gasteiger partial charge in [-0.25, -0.2) is 4.98 Å². The van der Waals surface area contributed by atoms with Gasteiger partial charge in [0.1, 0.15) is 11.6 Å². The molecule has 2 aromatic carbocycles. The molecule has 0 atom stereocenters. The molecule has 0 unspecified atom stereocenters. The van der Waals surface area contributed by atoms with Gasteiger partial charge in [0.15, 0.2) is 0 Å². The molecule has 0 spiro atoms. The third-order valence-electron chi connectivity index (χ3n) is 2.87. The number of anilines is 1. The number of nitrogens with zero attached hydrogens (tertiary/aromatic N) is 1. The lowest BCUT2D eigenvalue weighted by molar-refractivity contribution is -0.274. The molecule has 0 saturated carbocycles. The molecule has 1 heterocycles. The molecule has 0 aliphatic carbocycles. The van der Waals surface area contributed by atoms with E-state index in [4.69, 9.17) is 5.73 Å². The van der Waals surface area contributed by atoms with Crippen molar-refractivity contribution in [2.75, 3.05) is 5.73 Å². The molecule has 0 bridgehead atoms. The predicted octanol–water partition coefficient (Wildman–Crippen LogP) is 3.71. The summed E-state index contributed by atoms with van der Waals surface area (Å²) in [5.74, 6) is 0.278. The van der Waals surface area contributed by atoms with Crippen LogP contribution in [0.5, 0.6) is 5.75 Å². The molecule has 0 radical (unpaired) electrons. The Hall–Kier alpha value is -2.70. The number of benzene rings is 2. The average Bonchev–Trinajstić information content (AvgIpc) is 2.80. The maximum atomic E-state index is 12.1. The van der Waals surface area contributed by atoms with E-state index in [1.54, 1.807) is 18.2 Å². The van der Waals surface area contributed by atoms with Gasteiger partial charge in [-0.3, -0.25) is 0 Å². The molecule has 21 heavy (non-hydrogen) atoms. The fourth-order valence-corrected chi connectivity index (χ4v) is 1.98. The number of nitrogen functional groups attached to an aromatic ring is 1. The van der Waals surface area contributed by atoms with Crippen LogP contribution >= 0.6 is 0 Å². The fourth-order valence-electron chi connectivity index (χ4n) is 1.98. The van der Waals surface area contributed by atoms with Crippen molar-refractivity contribution in [3.63, 3.8) is 0 Å². The average molecular weight is 293 g/mol. The second-order valence-corrected chi connectivity index (χ2v) is 4.43. The van der Waals surface area contributed by atoms with Crippen LogP contribution < -0.4 is 10.5 Å². The Morgan fingerprint density at radius 2 is 1.76 bits per heavy atom. The number of aromatic amines is 1. The molecule has 3 aromatic rings. The van der Waals surface area contributed by atoms with Crippen LogP contribution in [-0.4, -0.2) is 16.3 Å². The van der Waals surface area contributed by atoms with Gasteiger partial charge < -0.3 is 15.5 Å². The van der Waals surface area contributed by atoms with Gasteiger partial charge in [-0.1, -0.05) is 0 Å². The number of nitrogens with two attached hydrogens (primary N) is 1. The van der Waals surface area contributed by atoms with Crippen LogP contribution in [0.3, 0.4) is 0 Å². The number of hydrogen-bond acceptors (Lipinski definition) is 3. The lowest BCUT2D eigenvalue weighted by Crippen LogP contribution is -2.16. The van der Waals surface area contributed by atoms with Gasteiger partial charge in [0.05, 0.1) is 11.0 Å². The molecule has 1 aromatic heterocycles. The van der Waals surface area contributed by atoms with Crippen molar-refractivity contribution in [3.05, 3.63) is 42.5 Å². The van der Waals surface area contributed by atoms with Gasteiger partial charge in [0, 0.05) is 11.3 Å². The van der Waals surface area contributed by atoms with Crippen LogP contribution in [0.25, 0.3) is 22.4 Å². The summed E-state index contributed by atoms with van der Waals surface area (Å²) in [4.78, 5) is 7.42. The largest absolute Gasteiger partial charge is 0.573 e.